The number of nitrogens with two attached hydrogens (primary N) is 1. The van der Waals surface area contributed by atoms with Gasteiger partial charge in [-0.05, 0) is 6.07 Å². The van der Waals surface area contributed by atoms with Crippen molar-refractivity contribution in [1.82, 2.24) is 14.7 Å². The lowest BCUT2D eigenvalue weighted by atomic mass is 10.2. The highest BCUT2D eigenvalue weighted by Crippen LogP contribution is 2.17. The predicted molar refractivity (Wildman–Crippen MR) is 62.4 cm³/mol. The maximum Gasteiger partial charge on any atom is 0.258 e. The highest BCUT2D eigenvalue weighted by molar-refractivity contribution is 5.51. The number of rotatable bonds is 3. The maximum atomic E-state index is 11.5. The number of aryl methyl sites for hydroxylation is 1. The lowest BCUT2D eigenvalue weighted by Crippen LogP contribution is -2.14. The molecule has 0 aliphatic heterocycles. The SMILES string of the molecule is CC(CN)c1noc(-c2ccn(C)c(=O)c2)n1. The molecule has 2 N–H and O–H groups in total. The van der Waals surface area contributed by atoms with E-state index in [9.17, 15) is 4.79 Å². The first-order valence-corrected chi connectivity index (χ1v) is 5.32. The number of hydrogen-bond donors (Lipinski definition) is 1. The second-order valence-electron chi connectivity index (χ2n) is 3.96. The molecule has 0 bridgehead atoms. The summed E-state index contributed by atoms with van der Waals surface area (Å²) in [5.41, 5.74) is 6.03. The van der Waals surface area contributed by atoms with Crippen molar-refractivity contribution in [1.29, 1.82) is 0 Å². The summed E-state index contributed by atoms with van der Waals surface area (Å²) >= 11 is 0. The fourth-order valence-corrected chi connectivity index (χ4v) is 1.34. The Labute approximate surface area is 98.1 Å². The Kier molecular flexibility index (Phi) is 3.06. The van der Waals surface area contributed by atoms with Gasteiger partial charge in [0.1, 0.15) is 0 Å². The number of hydrogen-bond acceptors (Lipinski definition) is 5. The zero-order valence-electron chi connectivity index (χ0n) is 9.75. The lowest BCUT2D eigenvalue weighted by molar-refractivity contribution is 0.418. The maximum absolute atomic E-state index is 11.5. The summed E-state index contributed by atoms with van der Waals surface area (Å²) in [7, 11) is 1.68. The van der Waals surface area contributed by atoms with Crippen molar-refractivity contribution in [3.63, 3.8) is 0 Å². The van der Waals surface area contributed by atoms with E-state index in [1.807, 2.05) is 6.92 Å². The first-order chi connectivity index (χ1) is 8.11. The summed E-state index contributed by atoms with van der Waals surface area (Å²) in [6.45, 7) is 2.37. The minimum atomic E-state index is -0.117. The monoisotopic (exact) mass is 234 g/mol. The molecule has 0 aliphatic rings. The van der Waals surface area contributed by atoms with E-state index >= 15 is 0 Å². The van der Waals surface area contributed by atoms with Crippen LogP contribution in [0.2, 0.25) is 0 Å². The van der Waals surface area contributed by atoms with Gasteiger partial charge in [0, 0.05) is 37.3 Å². The van der Waals surface area contributed by atoms with Gasteiger partial charge in [0.25, 0.3) is 11.4 Å². The minimum Gasteiger partial charge on any atom is -0.334 e. The molecule has 17 heavy (non-hydrogen) atoms. The van der Waals surface area contributed by atoms with Crippen LogP contribution in [0.3, 0.4) is 0 Å². The zero-order valence-corrected chi connectivity index (χ0v) is 9.75. The van der Waals surface area contributed by atoms with Crippen molar-refractivity contribution in [3.8, 4) is 11.5 Å². The number of pyridine rings is 1. The van der Waals surface area contributed by atoms with Gasteiger partial charge in [0.2, 0.25) is 0 Å². The average molecular weight is 234 g/mol. The van der Waals surface area contributed by atoms with Crippen LogP contribution in [-0.2, 0) is 7.05 Å². The normalized spacial score (nSPS) is 12.6. The van der Waals surface area contributed by atoms with Gasteiger partial charge in [-0.3, -0.25) is 4.79 Å². The van der Waals surface area contributed by atoms with E-state index in [2.05, 4.69) is 10.1 Å². The van der Waals surface area contributed by atoms with Crippen LogP contribution in [0.5, 0.6) is 0 Å². The van der Waals surface area contributed by atoms with E-state index < -0.39 is 0 Å². The Bertz CT molecular complexity index is 573. The summed E-state index contributed by atoms with van der Waals surface area (Å²) in [5.74, 6) is 0.945. The standard InChI is InChI=1S/C11H14N4O2/c1-7(6-12)10-13-11(17-14-10)8-3-4-15(2)9(16)5-8/h3-5,7H,6,12H2,1-2H3. The summed E-state index contributed by atoms with van der Waals surface area (Å²) in [5, 5.41) is 3.84. The largest absolute Gasteiger partial charge is 0.334 e. The second kappa shape index (κ2) is 4.50. The van der Waals surface area contributed by atoms with Crippen LogP contribution in [0.4, 0.5) is 0 Å². The van der Waals surface area contributed by atoms with Gasteiger partial charge >= 0.3 is 0 Å². The van der Waals surface area contributed by atoms with Gasteiger partial charge in [-0.1, -0.05) is 12.1 Å². The first kappa shape index (κ1) is 11.5. The molecule has 0 amide bonds. The third-order valence-electron chi connectivity index (χ3n) is 2.59. The highest BCUT2D eigenvalue weighted by atomic mass is 16.5. The van der Waals surface area contributed by atoms with E-state index in [-0.39, 0.29) is 11.5 Å². The number of nitrogens with zero attached hydrogens (tertiary/aromatic N) is 3. The van der Waals surface area contributed by atoms with Crippen molar-refractivity contribution >= 4 is 0 Å². The molecule has 6 nitrogen and oxygen atoms in total. The van der Waals surface area contributed by atoms with Crippen molar-refractivity contribution in [3.05, 3.63) is 34.5 Å². The van der Waals surface area contributed by atoms with Gasteiger partial charge in [0.05, 0.1) is 0 Å². The quantitative estimate of drug-likeness (QED) is 0.835. The summed E-state index contributed by atoms with van der Waals surface area (Å²) in [6.07, 6.45) is 1.66. The molecule has 0 saturated heterocycles. The molecule has 1 atom stereocenters. The molecular weight excluding hydrogens is 220 g/mol. The van der Waals surface area contributed by atoms with Gasteiger partial charge in [-0.2, -0.15) is 4.98 Å². The van der Waals surface area contributed by atoms with Crippen LogP contribution >= 0.6 is 0 Å². The van der Waals surface area contributed by atoms with Gasteiger partial charge in [-0.15, -0.1) is 0 Å². The Morgan fingerprint density at radius 3 is 3.00 bits per heavy atom. The van der Waals surface area contributed by atoms with Gasteiger partial charge in [0.15, 0.2) is 5.82 Å². The van der Waals surface area contributed by atoms with Crippen molar-refractivity contribution in [2.75, 3.05) is 6.54 Å². The molecule has 0 saturated carbocycles. The van der Waals surface area contributed by atoms with Crippen LogP contribution in [0.1, 0.15) is 18.7 Å². The van der Waals surface area contributed by atoms with Gasteiger partial charge < -0.3 is 14.8 Å². The third kappa shape index (κ3) is 2.26. The molecule has 0 radical (unpaired) electrons. The van der Waals surface area contributed by atoms with Crippen LogP contribution in [0, 0.1) is 0 Å². The second-order valence-corrected chi connectivity index (χ2v) is 3.96. The molecule has 90 valence electrons. The van der Waals surface area contributed by atoms with Crippen LogP contribution < -0.4 is 11.3 Å². The number of aromatic nitrogens is 3. The van der Waals surface area contributed by atoms with E-state index in [0.29, 0.717) is 23.8 Å². The molecule has 2 aromatic rings. The molecule has 2 rings (SSSR count). The fourth-order valence-electron chi connectivity index (χ4n) is 1.34. The fraction of sp³-hybridized carbons (Fsp3) is 0.364. The molecular formula is C11H14N4O2. The Morgan fingerprint density at radius 2 is 2.35 bits per heavy atom. The molecule has 2 heterocycles. The zero-order chi connectivity index (χ0) is 12.4. The van der Waals surface area contributed by atoms with Crippen molar-refractivity contribution < 1.29 is 4.52 Å². The molecule has 0 aromatic carbocycles. The Balaban J connectivity index is 2.37. The molecule has 0 fully saturated rings. The van der Waals surface area contributed by atoms with Crippen LogP contribution in [0.15, 0.2) is 27.6 Å². The molecule has 2 aromatic heterocycles. The van der Waals surface area contributed by atoms with Crippen LogP contribution in [0.25, 0.3) is 11.5 Å². The van der Waals surface area contributed by atoms with Crippen molar-refractivity contribution in [2.45, 2.75) is 12.8 Å². The van der Waals surface area contributed by atoms with Crippen LogP contribution in [-0.4, -0.2) is 21.3 Å². The lowest BCUT2D eigenvalue weighted by Gasteiger charge is -1.99. The third-order valence-corrected chi connectivity index (χ3v) is 2.59. The average Bonchev–Trinajstić information content (AvgIpc) is 2.81. The highest BCUT2D eigenvalue weighted by Gasteiger charge is 2.13. The summed E-state index contributed by atoms with van der Waals surface area (Å²) in [6, 6.07) is 3.22. The first-order valence-electron chi connectivity index (χ1n) is 5.32. The van der Waals surface area contributed by atoms with Crippen molar-refractivity contribution in [2.24, 2.45) is 12.8 Å². The minimum absolute atomic E-state index is 0.0408. The van der Waals surface area contributed by atoms with Gasteiger partial charge in [-0.25, -0.2) is 0 Å². The predicted octanol–water partition coefficient (Wildman–Crippen LogP) is 0.498. The molecule has 1 unspecified atom stereocenters. The summed E-state index contributed by atoms with van der Waals surface area (Å²) < 4.78 is 6.58. The Hall–Kier alpha value is -1.95. The smallest absolute Gasteiger partial charge is 0.258 e. The van der Waals surface area contributed by atoms with E-state index in [1.165, 1.54) is 10.6 Å². The molecule has 6 heteroatoms. The summed E-state index contributed by atoms with van der Waals surface area (Å²) in [4.78, 5) is 15.7. The molecule has 0 spiro atoms. The van der Waals surface area contributed by atoms with E-state index in [1.54, 1.807) is 19.3 Å². The van der Waals surface area contributed by atoms with E-state index in [4.69, 9.17) is 10.3 Å². The topological polar surface area (TPSA) is 86.9 Å². The molecule has 0 aliphatic carbocycles. The Morgan fingerprint density at radius 1 is 1.59 bits per heavy atom. The van der Waals surface area contributed by atoms with E-state index in [0.717, 1.165) is 0 Å².